The molecule has 0 saturated carbocycles. The predicted molar refractivity (Wildman–Crippen MR) is 82.5 cm³/mol. The van der Waals surface area contributed by atoms with E-state index >= 15 is 0 Å². The molecule has 2 aromatic carbocycles. The Morgan fingerprint density at radius 1 is 1.10 bits per heavy atom. The van der Waals surface area contributed by atoms with Crippen molar-refractivity contribution in [2.24, 2.45) is 0 Å². The van der Waals surface area contributed by atoms with E-state index in [0.29, 0.717) is 5.02 Å². The first kappa shape index (κ1) is 14.8. The van der Waals surface area contributed by atoms with Gasteiger partial charge in [0.1, 0.15) is 0 Å². The Balaban J connectivity index is 2.15. The molecule has 0 aliphatic heterocycles. The minimum absolute atomic E-state index is 0.0131. The zero-order valence-electron chi connectivity index (χ0n) is 10.9. The smallest absolute Gasteiger partial charge is 0.337 e. The SMILES string of the molecule is O=C(C=Cc1ccccc1)Nc1cc(Cl)ccc1C(=O)O. The highest BCUT2D eigenvalue weighted by atomic mass is 35.5. The fourth-order valence-corrected chi connectivity index (χ4v) is 1.89. The first-order valence-electron chi connectivity index (χ1n) is 6.13. The fraction of sp³-hybridized carbons (Fsp3) is 0. The summed E-state index contributed by atoms with van der Waals surface area (Å²) in [5, 5.41) is 11.9. The van der Waals surface area contributed by atoms with E-state index in [4.69, 9.17) is 16.7 Å². The van der Waals surface area contributed by atoms with Gasteiger partial charge in [-0.25, -0.2) is 4.79 Å². The van der Waals surface area contributed by atoms with Crippen LogP contribution in [0.2, 0.25) is 5.02 Å². The van der Waals surface area contributed by atoms with E-state index in [2.05, 4.69) is 5.32 Å². The Bertz CT molecular complexity index is 696. The molecule has 0 fully saturated rings. The van der Waals surface area contributed by atoms with Gasteiger partial charge < -0.3 is 10.4 Å². The second-order valence-electron chi connectivity index (χ2n) is 4.23. The first-order valence-corrected chi connectivity index (χ1v) is 6.51. The van der Waals surface area contributed by atoms with Crippen molar-refractivity contribution in [3.63, 3.8) is 0 Å². The number of aromatic carboxylic acids is 1. The quantitative estimate of drug-likeness (QED) is 0.846. The summed E-state index contributed by atoms with van der Waals surface area (Å²) in [7, 11) is 0. The maximum Gasteiger partial charge on any atom is 0.337 e. The lowest BCUT2D eigenvalue weighted by molar-refractivity contribution is -0.111. The van der Waals surface area contributed by atoms with E-state index in [9.17, 15) is 9.59 Å². The number of carboxylic acids is 1. The number of anilines is 1. The van der Waals surface area contributed by atoms with Crippen LogP contribution in [0.5, 0.6) is 0 Å². The molecule has 0 heterocycles. The molecule has 1 amide bonds. The van der Waals surface area contributed by atoms with Gasteiger partial charge in [0.2, 0.25) is 5.91 Å². The molecule has 2 aromatic rings. The third-order valence-corrected chi connectivity index (χ3v) is 2.93. The van der Waals surface area contributed by atoms with Gasteiger partial charge in [0.05, 0.1) is 11.3 Å². The number of halogens is 1. The largest absolute Gasteiger partial charge is 0.478 e. The van der Waals surface area contributed by atoms with E-state index in [1.807, 2.05) is 30.3 Å². The number of hydrogen-bond donors (Lipinski definition) is 2. The van der Waals surface area contributed by atoms with E-state index in [-0.39, 0.29) is 11.3 Å². The summed E-state index contributed by atoms with van der Waals surface area (Å²) in [5.74, 6) is -1.56. The number of benzene rings is 2. The van der Waals surface area contributed by atoms with Crippen LogP contribution in [0.1, 0.15) is 15.9 Å². The normalized spacial score (nSPS) is 10.5. The molecule has 21 heavy (non-hydrogen) atoms. The van der Waals surface area contributed by atoms with E-state index in [1.165, 1.54) is 24.3 Å². The Hall–Kier alpha value is -2.59. The average molecular weight is 302 g/mol. The van der Waals surface area contributed by atoms with E-state index < -0.39 is 11.9 Å². The molecule has 0 saturated heterocycles. The molecule has 0 radical (unpaired) electrons. The molecule has 106 valence electrons. The highest BCUT2D eigenvalue weighted by molar-refractivity contribution is 6.31. The highest BCUT2D eigenvalue weighted by Crippen LogP contribution is 2.21. The molecule has 0 atom stereocenters. The second kappa shape index (κ2) is 6.72. The Morgan fingerprint density at radius 3 is 2.48 bits per heavy atom. The Morgan fingerprint density at radius 2 is 1.81 bits per heavy atom. The summed E-state index contributed by atoms with van der Waals surface area (Å²) in [4.78, 5) is 22.9. The lowest BCUT2D eigenvalue weighted by atomic mass is 10.1. The van der Waals surface area contributed by atoms with Crippen molar-refractivity contribution < 1.29 is 14.7 Å². The standard InChI is InChI=1S/C16H12ClNO3/c17-12-7-8-13(16(20)21)14(10-12)18-15(19)9-6-11-4-2-1-3-5-11/h1-10H,(H,18,19)(H,20,21). The summed E-state index contributed by atoms with van der Waals surface area (Å²) in [6.07, 6.45) is 2.97. The van der Waals surface area contributed by atoms with Crippen LogP contribution in [0.4, 0.5) is 5.69 Å². The zero-order valence-corrected chi connectivity index (χ0v) is 11.7. The van der Waals surface area contributed by atoms with Gasteiger partial charge in [-0.2, -0.15) is 0 Å². The number of rotatable bonds is 4. The summed E-state index contributed by atoms with van der Waals surface area (Å²) in [6.45, 7) is 0. The Kier molecular flexibility index (Phi) is 4.74. The van der Waals surface area contributed by atoms with Crippen molar-refractivity contribution in [3.05, 3.63) is 70.8 Å². The second-order valence-corrected chi connectivity index (χ2v) is 4.66. The van der Waals surface area contributed by atoms with Gasteiger partial charge in [0.15, 0.2) is 0 Å². The maximum absolute atomic E-state index is 11.8. The third-order valence-electron chi connectivity index (χ3n) is 2.70. The topological polar surface area (TPSA) is 66.4 Å². The van der Waals surface area contributed by atoms with Crippen molar-refractivity contribution in [1.29, 1.82) is 0 Å². The molecular weight excluding hydrogens is 290 g/mol. The van der Waals surface area contributed by atoms with Crippen LogP contribution in [0, 0.1) is 0 Å². The minimum Gasteiger partial charge on any atom is -0.478 e. The summed E-state index contributed by atoms with van der Waals surface area (Å²) >= 11 is 5.82. The van der Waals surface area contributed by atoms with Crippen LogP contribution in [-0.4, -0.2) is 17.0 Å². The molecule has 0 aliphatic rings. The van der Waals surface area contributed by atoms with Crippen LogP contribution < -0.4 is 5.32 Å². The van der Waals surface area contributed by atoms with E-state index in [0.717, 1.165) is 5.56 Å². The van der Waals surface area contributed by atoms with Gasteiger partial charge in [-0.15, -0.1) is 0 Å². The molecule has 5 heteroatoms. The molecular formula is C16H12ClNO3. The van der Waals surface area contributed by atoms with Crippen LogP contribution in [0.3, 0.4) is 0 Å². The number of carboxylic acid groups (broad SMARTS) is 1. The Labute approximate surface area is 126 Å². The molecule has 0 spiro atoms. The van der Waals surface area contributed by atoms with Gasteiger partial charge in [0, 0.05) is 11.1 Å². The maximum atomic E-state index is 11.8. The molecule has 0 bridgehead atoms. The molecule has 0 aliphatic carbocycles. The van der Waals surface area contributed by atoms with Crippen molar-refractivity contribution in [2.75, 3.05) is 5.32 Å². The molecule has 2 N–H and O–H groups in total. The highest BCUT2D eigenvalue weighted by Gasteiger charge is 2.11. The number of nitrogens with one attached hydrogen (secondary N) is 1. The van der Waals surface area contributed by atoms with Crippen LogP contribution >= 0.6 is 11.6 Å². The van der Waals surface area contributed by atoms with Crippen LogP contribution in [0.15, 0.2) is 54.6 Å². The number of carbonyl (C=O) groups is 2. The number of carbonyl (C=O) groups excluding carboxylic acids is 1. The van der Waals surface area contributed by atoms with Gasteiger partial charge in [0.25, 0.3) is 0 Å². The van der Waals surface area contributed by atoms with E-state index in [1.54, 1.807) is 6.08 Å². The lowest BCUT2D eigenvalue weighted by Crippen LogP contribution is -2.12. The monoisotopic (exact) mass is 301 g/mol. The van der Waals surface area contributed by atoms with Crippen LogP contribution in [-0.2, 0) is 4.79 Å². The predicted octanol–water partition coefficient (Wildman–Crippen LogP) is 3.69. The van der Waals surface area contributed by atoms with Crippen molar-refractivity contribution in [2.45, 2.75) is 0 Å². The van der Waals surface area contributed by atoms with Gasteiger partial charge in [-0.05, 0) is 29.8 Å². The van der Waals surface area contributed by atoms with Crippen molar-refractivity contribution in [3.8, 4) is 0 Å². The average Bonchev–Trinajstić information content (AvgIpc) is 2.46. The van der Waals surface area contributed by atoms with Gasteiger partial charge in [-0.3, -0.25) is 4.79 Å². The summed E-state index contributed by atoms with van der Waals surface area (Å²) in [6, 6.07) is 13.5. The molecule has 2 rings (SSSR count). The third kappa shape index (κ3) is 4.19. The number of amides is 1. The van der Waals surface area contributed by atoms with Gasteiger partial charge in [-0.1, -0.05) is 41.9 Å². The molecule has 4 nitrogen and oxygen atoms in total. The first-order chi connectivity index (χ1) is 10.1. The van der Waals surface area contributed by atoms with Crippen molar-refractivity contribution in [1.82, 2.24) is 0 Å². The fourth-order valence-electron chi connectivity index (χ4n) is 1.72. The molecule has 0 unspecified atom stereocenters. The minimum atomic E-state index is -1.13. The lowest BCUT2D eigenvalue weighted by Gasteiger charge is -2.07. The zero-order chi connectivity index (χ0) is 15.2. The van der Waals surface area contributed by atoms with Crippen molar-refractivity contribution >= 4 is 35.2 Å². The number of hydrogen-bond acceptors (Lipinski definition) is 2. The summed E-state index contributed by atoms with van der Waals surface area (Å²) in [5.41, 5.74) is 1.02. The van der Waals surface area contributed by atoms with Gasteiger partial charge >= 0.3 is 5.97 Å². The molecule has 0 aromatic heterocycles. The van der Waals surface area contributed by atoms with Crippen LogP contribution in [0.25, 0.3) is 6.08 Å². The summed E-state index contributed by atoms with van der Waals surface area (Å²) < 4.78 is 0.